The highest BCUT2D eigenvalue weighted by atomic mass is 19.1. The van der Waals surface area contributed by atoms with Crippen LogP contribution < -0.4 is 0 Å². The molecule has 0 unspecified atom stereocenters. The minimum atomic E-state index is -0.164. The first-order chi connectivity index (χ1) is 9.16. The van der Waals surface area contributed by atoms with E-state index in [0.717, 1.165) is 24.9 Å². The number of halogens is 1. The molecule has 0 aliphatic rings. The predicted octanol–water partition coefficient (Wildman–Crippen LogP) is 3.99. The molecule has 0 atom stereocenters. The van der Waals surface area contributed by atoms with Gasteiger partial charge in [0, 0.05) is 5.56 Å². The van der Waals surface area contributed by atoms with Gasteiger partial charge in [-0.3, -0.25) is 0 Å². The molecule has 1 nitrogen and oxygen atoms in total. The number of nitrogens with zero attached hydrogens (tertiary/aromatic N) is 1. The average Bonchev–Trinajstić information content (AvgIpc) is 2.40. The zero-order valence-electron chi connectivity index (χ0n) is 11.6. The van der Waals surface area contributed by atoms with E-state index in [4.69, 9.17) is 0 Å². The fourth-order valence-electron chi connectivity index (χ4n) is 2.15. The molecule has 0 radical (unpaired) electrons. The summed E-state index contributed by atoms with van der Waals surface area (Å²) in [5.74, 6) is -0.164. The summed E-state index contributed by atoms with van der Waals surface area (Å²) in [6.07, 6.45) is 2.21. The molecule has 0 aliphatic carbocycles. The standard InChI is InChI=1S/C17H20FN/c1-19(2)13-5-6-14-9-11-15(12-10-14)16-7-3-4-8-17(16)18/h3-4,7-12H,5-6,13H2,1-2H3. The molecular weight excluding hydrogens is 237 g/mol. The van der Waals surface area contributed by atoms with Crippen LogP contribution in [0.3, 0.4) is 0 Å². The summed E-state index contributed by atoms with van der Waals surface area (Å²) < 4.78 is 13.7. The Bertz CT molecular complexity index is 517. The molecule has 0 bridgehead atoms. The van der Waals surface area contributed by atoms with Crippen molar-refractivity contribution in [2.24, 2.45) is 0 Å². The maximum Gasteiger partial charge on any atom is 0.131 e. The van der Waals surface area contributed by atoms with Crippen molar-refractivity contribution in [1.82, 2.24) is 4.90 Å². The second kappa shape index (κ2) is 6.48. The minimum Gasteiger partial charge on any atom is -0.309 e. The predicted molar refractivity (Wildman–Crippen MR) is 78.7 cm³/mol. The van der Waals surface area contributed by atoms with E-state index in [0.29, 0.717) is 5.56 Å². The van der Waals surface area contributed by atoms with Crippen LogP contribution in [0, 0.1) is 5.82 Å². The number of aryl methyl sites for hydroxylation is 1. The molecule has 0 amide bonds. The van der Waals surface area contributed by atoms with Crippen molar-refractivity contribution >= 4 is 0 Å². The summed E-state index contributed by atoms with van der Waals surface area (Å²) in [5, 5.41) is 0. The Morgan fingerprint density at radius 3 is 2.26 bits per heavy atom. The summed E-state index contributed by atoms with van der Waals surface area (Å²) in [5.41, 5.74) is 2.92. The van der Waals surface area contributed by atoms with Crippen molar-refractivity contribution in [2.75, 3.05) is 20.6 Å². The Kier molecular flexibility index (Phi) is 4.69. The maximum absolute atomic E-state index is 13.7. The SMILES string of the molecule is CN(C)CCCc1ccc(-c2ccccc2F)cc1. The van der Waals surface area contributed by atoms with E-state index in [-0.39, 0.29) is 5.82 Å². The number of hydrogen-bond acceptors (Lipinski definition) is 1. The van der Waals surface area contributed by atoms with E-state index < -0.39 is 0 Å². The number of hydrogen-bond donors (Lipinski definition) is 0. The van der Waals surface area contributed by atoms with Gasteiger partial charge in [-0.2, -0.15) is 0 Å². The Morgan fingerprint density at radius 1 is 0.947 bits per heavy atom. The van der Waals surface area contributed by atoms with Gasteiger partial charge in [-0.1, -0.05) is 42.5 Å². The fraction of sp³-hybridized carbons (Fsp3) is 0.294. The Labute approximate surface area is 114 Å². The zero-order valence-corrected chi connectivity index (χ0v) is 11.6. The molecule has 0 saturated heterocycles. The van der Waals surface area contributed by atoms with Crippen LogP contribution in [0.15, 0.2) is 48.5 Å². The molecule has 0 aliphatic heterocycles. The van der Waals surface area contributed by atoms with Crippen molar-refractivity contribution in [1.29, 1.82) is 0 Å². The molecule has 0 fully saturated rings. The molecule has 0 aromatic heterocycles. The highest BCUT2D eigenvalue weighted by Crippen LogP contribution is 2.22. The molecule has 100 valence electrons. The second-order valence-electron chi connectivity index (χ2n) is 5.08. The zero-order chi connectivity index (χ0) is 13.7. The van der Waals surface area contributed by atoms with Gasteiger partial charge in [-0.25, -0.2) is 4.39 Å². The third-order valence-electron chi connectivity index (χ3n) is 3.21. The van der Waals surface area contributed by atoms with E-state index in [1.807, 2.05) is 24.3 Å². The fourth-order valence-corrected chi connectivity index (χ4v) is 2.15. The van der Waals surface area contributed by atoms with Gasteiger partial charge < -0.3 is 4.90 Å². The lowest BCUT2D eigenvalue weighted by atomic mass is 10.0. The van der Waals surface area contributed by atoms with Crippen LogP contribution in [0.5, 0.6) is 0 Å². The Hall–Kier alpha value is -1.67. The molecule has 19 heavy (non-hydrogen) atoms. The van der Waals surface area contributed by atoms with Crippen LogP contribution >= 0.6 is 0 Å². The average molecular weight is 257 g/mol. The van der Waals surface area contributed by atoms with Crippen LogP contribution in [-0.2, 0) is 6.42 Å². The monoisotopic (exact) mass is 257 g/mol. The van der Waals surface area contributed by atoms with Crippen molar-refractivity contribution < 1.29 is 4.39 Å². The maximum atomic E-state index is 13.7. The largest absolute Gasteiger partial charge is 0.309 e. The third kappa shape index (κ3) is 3.90. The molecule has 0 heterocycles. The summed E-state index contributed by atoms with van der Waals surface area (Å²) in [4.78, 5) is 2.19. The van der Waals surface area contributed by atoms with E-state index in [1.54, 1.807) is 6.07 Å². The molecular formula is C17H20FN. The molecule has 0 saturated carbocycles. The third-order valence-corrected chi connectivity index (χ3v) is 3.21. The topological polar surface area (TPSA) is 3.24 Å². The van der Waals surface area contributed by atoms with Crippen LogP contribution in [0.25, 0.3) is 11.1 Å². The minimum absolute atomic E-state index is 0.164. The van der Waals surface area contributed by atoms with Crippen LogP contribution in [0.2, 0.25) is 0 Å². The van der Waals surface area contributed by atoms with E-state index in [2.05, 4.69) is 31.1 Å². The summed E-state index contributed by atoms with van der Waals surface area (Å²) in [6.45, 7) is 1.09. The van der Waals surface area contributed by atoms with Gasteiger partial charge in [-0.05, 0) is 50.7 Å². The molecule has 2 aromatic rings. The summed E-state index contributed by atoms with van der Waals surface area (Å²) in [7, 11) is 4.17. The summed E-state index contributed by atoms with van der Waals surface area (Å²) in [6, 6.07) is 15.1. The quantitative estimate of drug-likeness (QED) is 0.783. The smallest absolute Gasteiger partial charge is 0.131 e. The molecule has 2 aromatic carbocycles. The van der Waals surface area contributed by atoms with Crippen molar-refractivity contribution in [3.05, 3.63) is 59.9 Å². The van der Waals surface area contributed by atoms with Gasteiger partial charge in [0.15, 0.2) is 0 Å². The van der Waals surface area contributed by atoms with E-state index in [1.165, 1.54) is 11.6 Å². The molecule has 2 heteroatoms. The van der Waals surface area contributed by atoms with Crippen molar-refractivity contribution in [3.63, 3.8) is 0 Å². The van der Waals surface area contributed by atoms with Gasteiger partial charge in [0.1, 0.15) is 5.82 Å². The van der Waals surface area contributed by atoms with Crippen LogP contribution in [0.1, 0.15) is 12.0 Å². The van der Waals surface area contributed by atoms with Crippen molar-refractivity contribution in [3.8, 4) is 11.1 Å². The van der Waals surface area contributed by atoms with E-state index >= 15 is 0 Å². The van der Waals surface area contributed by atoms with Crippen molar-refractivity contribution in [2.45, 2.75) is 12.8 Å². The normalized spacial score (nSPS) is 10.9. The van der Waals surface area contributed by atoms with Gasteiger partial charge >= 0.3 is 0 Å². The van der Waals surface area contributed by atoms with E-state index in [9.17, 15) is 4.39 Å². The summed E-state index contributed by atoms with van der Waals surface area (Å²) >= 11 is 0. The van der Waals surface area contributed by atoms with Gasteiger partial charge in [0.2, 0.25) is 0 Å². The highest BCUT2D eigenvalue weighted by Gasteiger charge is 2.03. The lowest BCUT2D eigenvalue weighted by Gasteiger charge is -2.09. The molecule has 0 N–H and O–H groups in total. The Morgan fingerprint density at radius 2 is 1.63 bits per heavy atom. The van der Waals surface area contributed by atoms with Gasteiger partial charge in [-0.15, -0.1) is 0 Å². The first kappa shape index (κ1) is 13.8. The van der Waals surface area contributed by atoms with Gasteiger partial charge in [0.25, 0.3) is 0 Å². The number of benzene rings is 2. The lowest BCUT2D eigenvalue weighted by Crippen LogP contribution is -2.13. The second-order valence-corrected chi connectivity index (χ2v) is 5.08. The van der Waals surface area contributed by atoms with Crippen LogP contribution in [-0.4, -0.2) is 25.5 Å². The first-order valence-corrected chi connectivity index (χ1v) is 6.65. The lowest BCUT2D eigenvalue weighted by molar-refractivity contribution is 0.400. The Balaban J connectivity index is 2.04. The van der Waals surface area contributed by atoms with Crippen LogP contribution in [0.4, 0.5) is 4.39 Å². The first-order valence-electron chi connectivity index (χ1n) is 6.65. The number of rotatable bonds is 5. The molecule has 0 spiro atoms. The highest BCUT2D eigenvalue weighted by molar-refractivity contribution is 5.64. The van der Waals surface area contributed by atoms with Gasteiger partial charge in [0.05, 0.1) is 0 Å². The molecule has 2 rings (SSSR count).